The molecular formula is C10H7F2N3O. The van der Waals surface area contributed by atoms with Crippen LogP contribution in [0.5, 0.6) is 5.88 Å². The standard InChI is InChI=1S/C10H7F2N3O/c1-16-10-6(2-3-13)4-7(5-14)8(15-10)9(11)12/h4,9H,2H2,1H3. The highest BCUT2D eigenvalue weighted by Crippen LogP contribution is 2.26. The van der Waals surface area contributed by atoms with Gasteiger partial charge in [0.15, 0.2) is 0 Å². The van der Waals surface area contributed by atoms with Gasteiger partial charge in [-0.3, -0.25) is 0 Å². The van der Waals surface area contributed by atoms with Gasteiger partial charge in [0.25, 0.3) is 6.43 Å². The third kappa shape index (κ3) is 2.23. The molecule has 0 aliphatic carbocycles. The molecule has 0 saturated heterocycles. The largest absolute Gasteiger partial charge is 0.481 e. The highest BCUT2D eigenvalue weighted by Gasteiger charge is 2.19. The number of methoxy groups -OCH3 is 1. The van der Waals surface area contributed by atoms with E-state index in [1.54, 1.807) is 6.07 Å². The van der Waals surface area contributed by atoms with Crippen molar-refractivity contribution < 1.29 is 13.5 Å². The summed E-state index contributed by atoms with van der Waals surface area (Å²) in [5, 5.41) is 17.2. The van der Waals surface area contributed by atoms with E-state index in [-0.39, 0.29) is 17.9 Å². The number of hydrogen-bond acceptors (Lipinski definition) is 4. The molecule has 0 spiro atoms. The van der Waals surface area contributed by atoms with Crippen molar-refractivity contribution in [2.45, 2.75) is 12.8 Å². The van der Waals surface area contributed by atoms with Gasteiger partial charge in [0.05, 0.1) is 25.2 Å². The zero-order valence-corrected chi connectivity index (χ0v) is 8.37. The van der Waals surface area contributed by atoms with E-state index in [1.165, 1.54) is 13.2 Å². The Kier molecular flexibility index (Phi) is 3.73. The van der Waals surface area contributed by atoms with Crippen molar-refractivity contribution >= 4 is 0 Å². The average Bonchev–Trinajstić information content (AvgIpc) is 2.28. The SMILES string of the molecule is COc1nc(C(F)F)c(C#N)cc1CC#N. The van der Waals surface area contributed by atoms with Gasteiger partial charge >= 0.3 is 0 Å². The van der Waals surface area contributed by atoms with Crippen molar-refractivity contribution in [1.82, 2.24) is 4.98 Å². The molecule has 0 radical (unpaired) electrons. The maximum absolute atomic E-state index is 12.5. The van der Waals surface area contributed by atoms with E-state index in [0.29, 0.717) is 5.56 Å². The van der Waals surface area contributed by atoms with E-state index >= 15 is 0 Å². The Balaban J connectivity index is 3.36. The summed E-state index contributed by atoms with van der Waals surface area (Å²) in [5.41, 5.74) is -0.534. The number of pyridine rings is 1. The summed E-state index contributed by atoms with van der Waals surface area (Å²) >= 11 is 0. The van der Waals surface area contributed by atoms with Crippen LogP contribution in [0.4, 0.5) is 8.78 Å². The van der Waals surface area contributed by atoms with Crippen LogP contribution in [0.25, 0.3) is 0 Å². The Bertz CT molecular complexity index is 474. The zero-order chi connectivity index (χ0) is 12.1. The first-order chi connectivity index (χ1) is 7.63. The smallest absolute Gasteiger partial charge is 0.281 e. The molecule has 82 valence electrons. The third-order valence-corrected chi connectivity index (χ3v) is 1.88. The van der Waals surface area contributed by atoms with Crippen LogP contribution in [0.15, 0.2) is 6.07 Å². The Labute approximate surface area is 90.7 Å². The monoisotopic (exact) mass is 223 g/mol. The second-order valence-electron chi connectivity index (χ2n) is 2.84. The van der Waals surface area contributed by atoms with E-state index in [0.717, 1.165) is 0 Å². The number of nitrogens with zero attached hydrogens (tertiary/aromatic N) is 3. The molecule has 0 atom stereocenters. The molecule has 6 heteroatoms. The molecule has 0 aliphatic rings. The molecule has 1 rings (SSSR count). The number of nitriles is 2. The lowest BCUT2D eigenvalue weighted by Crippen LogP contribution is -2.02. The predicted octanol–water partition coefficient (Wildman–Crippen LogP) is 1.97. The van der Waals surface area contributed by atoms with Crippen molar-refractivity contribution in [3.05, 3.63) is 22.9 Å². The summed E-state index contributed by atoms with van der Waals surface area (Å²) in [5.74, 6) is -0.0455. The maximum Gasteiger partial charge on any atom is 0.281 e. The number of aromatic nitrogens is 1. The number of halogens is 2. The summed E-state index contributed by atoms with van der Waals surface area (Å²) in [4.78, 5) is 3.53. The van der Waals surface area contributed by atoms with Crippen LogP contribution in [0.3, 0.4) is 0 Å². The van der Waals surface area contributed by atoms with Gasteiger partial charge in [-0.1, -0.05) is 0 Å². The van der Waals surface area contributed by atoms with Gasteiger partial charge in [-0.2, -0.15) is 10.5 Å². The molecule has 16 heavy (non-hydrogen) atoms. The van der Waals surface area contributed by atoms with Gasteiger partial charge in [-0.15, -0.1) is 0 Å². The average molecular weight is 223 g/mol. The van der Waals surface area contributed by atoms with Crippen molar-refractivity contribution in [1.29, 1.82) is 10.5 Å². The summed E-state index contributed by atoms with van der Waals surface area (Å²) in [6.45, 7) is 0. The molecule has 1 aromatic heterocycles. The minimum Gasteiger partial charge on any atom is -0.481 e. The molecule has 0 aromatic carbocycles. The molecule has 4 nitrogen and oxygen atoms in total. The second kappa shape index (κ2) is 5.04. The molecule has 0 bridgehead atoms. The molecule has 0 fully saturated rings. The molecule has 0 unspecified atom stereocenters. The summed E-state index contributed by atoms with van der Waals surface area (Å²) in [6, 6.07) is 4.67. The van der Waals surface area contributed by atoms with Crippen LogP contribution in [0.2, 0.25) is 0 Å². The van der Waals surface area contributed by atoms with Crippen molar-refractivity contribution in [2.24, 2.45) is 0 Å². The highest BCUT2D eigenvalue weighted by molar-refractivity contribution is 5.42. The van der Waals surface area contributed by atoms with Gasteiger partial charge in [-0.25, -0.2) is 13.8 Å². The van der Waals surface area contributed by atoms with Gasteiger partial charge in [0.2, 0.25) is 5.88 Å². The molecule has 0 amide bonds. The fourth-order valence-corrected chi connectivity index (χ4v) is 1.20. The zero-order valence-electron chi connectivity index (χ0n) is 8.37. The molecular weight excluding hydrogens is 216 g/mol. The number of ether oxygens (including phenoxy) is 1. The summed E-state index contributed by atoms with van der Waals surface area (Å²) in [7, 11) is 1.27. The fourth-order valence-electron chi connectivity index (χ4n) is 1.20. The van der Waals surface area contributed by atoms with E-state index in [2.05, 4.69) is 4.98 Å². The van der Waals surface area contributed by atoms with E-state index in [4.69, 9.17) is 15.3 Å². The number of alkyl halides is 2. The summed E-state index contributed by atoms with van der Waals surface area (Å²) < 4.78 is 29.8. The first kappa shape index (κ1) is 11.9. The molecule has 0 aliphatic heterocycles. The molecule has 0 N–H and O–H groups in total. The maximum atomic E-state index is 12.5. The van der Waals surface area contributed by atoms with E-state index < -0.39 is 12.1 Å². The normalized spacial score (nSPS) is 9.62. The topological polar surface area (TPSA) is 69.7 Å². The minimum atomic E-state index is -2.85. The first-order valence-corrected chi connectivity index (χ1v) is 4.27. The van der Waals surface area contributed by atoms with Crippen LogP contribution in [-0.4, -0.2) is 12.1 Å². The minimum absolute atomic E-state index is 0.0455. The van der Waals surface area contributed by atoms with E-state index in [9.17, 15) is 8.78 Å². The number of hydrogen-bond donors (Lipinski definition) is 0. The van der Waals surface area contributed by atoms with Gasteiger partial charge < -0.3 is 4.74 Å². The highest BCUT2D eigenvalue weighted by atomic mass is 19.3. The van der Waals surface area contributed by atoms with Crippen molar-refractivity contribution in [2.75, 3.05) is 7.11 Å². The summed E-state index contributed by atoms with van der Waals surface area (Å²) in [6.07, 6.45) is -2.89. The quantitative estimate of drug-likeness (QED) is 0.785. The van der Waals surface area contributed by atoms with Crippen LogP contribution in [-0.2, 0) is 6.42 Å². The van der Waals surface area contributed by atoms with Crippen molar-refractivity contribution in [3.8, 4) is 18.0 Å². The van der Waals surface area contributed by atoms with E-state index in [1.807, 2.05) is 6.07 Å². The van der Waals surface area contributed by atoms with Crippen LogP contribution >= 0.6 is 0 Å². The van der Waals surface area contributed by atoms with Gasteiger partial charge in [0.1, 0.15) is 11.8 Å². The molecule has 0 saturated carbocycles. The second-order valence-corrected chi connectivity index (χ2v) is 2.84. The van der Waals surface area contributed by atoms with Crippen LogP contribution in [0.1, 0.15) is 23.2 Å². The van der Waals surface area contributed by atoms with Crippen LogP contribution < -0.4 is 4.74 Å². The Hall–Kier alpha value is -2.21. The Morgan fingerprint density at radius 3 is 2.62 bits per heavy atom. The van der Waals surface area contributed by atoms with Crippen molar-refractivity contribution in [3.63, 3.8) is 0 Å². The Morgan fingerprint density at radius 2 is 2.19 bits per heavy atom. The predicted molar refractivity (Wildman–Crippen MR) is 49.8 cm³/mol. The fraction of sp³-hybridized carbons (Fsp3) is 0.300. The third-order valence-electron chi connectivity index (χ3n) is 1.88. The number of rotatable bonds is 3. The first-order valence-electron chi connectivity index (χ1n) is 4.27. The molecule has 1 aromatic rings. The van der Waals surface area contributed by atoms with Crippen LogP contribution in [0, 0.1) is 22.7 Å². The lowest BCUT2D eigenvalue weighted by molar-refractivity contribution is 0.144. The Morgan fingerprint density at radius 1 is 1.50 bits per heavy atom. The van der Waals surface area contributed by atoms with Gasteiger partial charge in [-0.05, 0) is 6.07 Å². The lowest BCUT2D eigenvalue weighted by Gasteiger charge is -2.08. The van der Waals surface area contributed by atoms with Gasteiger partial charge in [0, 0.05) is 5.56 Å². The molecule has 1 heterocycles. The lowest BCUT2D eigenvalue weighted by atomic mass is 10.1.